The van der Waals surface area contributed by atoms with Gasteiger partial charge in [-0.3, -0.25) is 9.59 Å². The van der Waals surface area contributed by atoms with Crippen LogP contribution in [0.2, 0.25) is 0 Å². The number of hydrogen-bond donors (Lipinski definition) is 2. The Kier molecular flexibility index (Phi) is 1.13. The first-order chi connectivity index (χ1) is 12.6. The molecule has 0 aromatic carbocycles. The lowest BCUT2D eigenvalue weighted by Crippen LogP contribution is -2.50. The van der Waals surface area contributed by atoms with Crippen LogP contribution >= 0.6 is 0 Å². The van der Waals surface area contributed by atoms with Gasteiger partial charge >= 0.3 is 0 Å². The Morgan fingerprint density at radius 1 is 0.423 bits per heavy atom. The second-order valence-electron chi connectivity index (χ2n) is 12.7. The third-order valence-electron chi connectivity index (χ3n) is 14.5. The smallest absolute Gasteiger partial charge is 0.224 e. The van der Waals surface area contributed by atoms with Gasteiger partial charge in [0.15, 0.2) is 0 Å². The van der Waals surface area contributed by atoms with Crippen LogP contribution in [0.1, 0.15) is 0 Å². The molecule has 0 aromatic heterocycles. The van der Waals surface area contributed by atoms with E-state index < -0.39 is 0 Å². The predicted octanol–water partition coefficient (Wildman–Crippen LogP) is 0.171. The predicted molar refractivity (Wildman–Crippen MR) is 86.1 cm³/mol. The van der Waals surface area contributed by atoms with Crippen molar-refractivity contribution >= 4 is 11.8 Å². The van der Waals surface area contributed by atoms with Gasteiger partial charge in [-0.1, -0.05) is 0 Å². The van der Waals surface area contributed by atoms with Crippen LogP contribution in [0.4, 0.5) is 0 Å². The number of amides is 2. The van der Waals surface area contributed by atoms with E-state index in [0.717, 1.165) is 59.2 Å². The van der Waals surface area contributed by atoms with Crippen molar-refractivity contribution in [2.24, 2.45) is 129 Å². The molecule has 12 unspecified atom stereocenters. The lowest BCUT2D eigenvalue weighted by molar-refractivity contribution is -0.137. The first-order valence-corrected chi connectivity index (χ1v) is 11.2. The lowest BCUT2D eigenvalue weighted by atomic mass is 9.62. The summed E-state index contributed by atoms with van der Waals surface area (Å²) < 4.78 is 0. The van der Waals surface area contributed by atoms with Gasteiger partial charge in [0.25, 0.3) is 0 Å². The zero-order valence-corrected chi connectivity index (χ0v) is 14.4. The Labute approximate surface area is 150 Å². The van der Waals surface area contributed by atoms with E-state index in [0.29, 0.717) is 47.3 Å². The number of nitrogens with two attached hydrogens (primary N) is 2. The summed E-state index contributed by atoms with van der Waals surface area (Å²) in [6.45, 7) is 0. The van der Waals surface area contributed by atoms with Crippen molar-refractivity contribution < 1.29 is 9.59 Å². The number of carbonyl (C=O) groups is 2. The van der Waals surface area contributed by atoms with Gasteiger partial charge in [-0.2, -0.15) is 0 Å². The van der Waals surface area contributed by atoms with Gasteiger partial charge in [0.2, 0.25) is 11.8 Å². The highest BCUT2D eigenvalue weighted by Crippen LogP contribution is 3.06. The molecule has 0 heterocycles. The van der Waals surface area contributed by atoms with Gasteiger partial charge in [0, 0.05) is 0 Å². The number of carbonyl (C=O) groups excluding carboxylic acids is 2. The van der Waals surface area contributed by atoms with Crippen LogP contribution in [0.3, 0.4) is 0 Å². The van der Waals surface area contributed by atoms with Crippen LogP contribution in [0.15, 0.2) is 0 Å². The first-order valence-electron chi connectivity index (χ1n) is 11.2. The quantitative estimate of drug-likeness (QED) is 0.747. The molecule has 0 spiro atoms. The molecule has 0 aromatic rings. The summed E-state index contributed by atoms with van der Waals surface area (Å²) in [5, 5.41) is 0. The molecule has 0 bridgehead atoms. The van der Waals surface area contributed by atoms with Crippen LogP contribution in [0, 0.1) is 117 Å². The average Bonchev–Trinajstić information content (AvgIpc) is 3.27. The van der Waals surface area contributed by atoms with Crippen LogP contribution < -0.4 is 11.5 Å². The van der Waals surface area contributed by atoms with E-state index in [1.807, 2.05) is 0 Å². The number of hydrogen-bond acceptors (Lipinski definition) is 2. The van der Waals surface area contributed by atoms with Gasteiger partial charge in [0.05, 0.1) is 10.8 Å². The molecule has 12 atom stereocenters. The maximum absolute atomic E-state index is 13.2. The third-order valence-corrected chi connectivity index (χ3v) is 14.5. The second kappa shape index (κ2) is 2.50. The van der Waals surface area contributed by atoms with Gasteiger partial charge in [-0.05, 0) is 107 Å². The van der Waals surface area contributed by atoms with Crippen molar-refractivity contribution in [1.29, 1.82) is 0 Å². The van der Waals surface area contributed by atoms with E-state index in [4.69, 9.17) is 11.5 Å². The van der Waals surface area contributed by atoms with Crippen LogP contribution in [0.5, 0.6) is 0 Å². The zero-order chi connectivity index (χ0) is 16.5. The molecule has 12 saturated carbocycles. The monoisotopic (exact) mass is 346 g/mol. The Morgan fingerprint density at radius 2 is 0.654 bits per heavy atom. The molecule has 0 saturated heterocycles. The Bertz CT molecular complexity index is 859. The summed E-state index contributed by atoms with van der Waals surface area (Å²) in [5.74, 6) is 13.0. The van der Waals surface area contributed by atoms with Gasteiger partial charge in [-0.15, -0.1) is 0 Å². The summed E-state index contributed by atoms with van der Waals surface area (Å²) in [4.78, 5) is 26.5. The first kappa shape index (κ1) is 11.7. The Balaban J connectivity index is 1.41. The summed E-state index contributed by atoms with van der Waals surface area (Å²) in [5.41, 5.74) is 12.4. The molecule has 0 aliphatic heterocycles. The van der Waals surface area contributed by atoms with Crippen molar-refractivity contribution in [1.82, 2.24) is 0 Å². The van der Waals surface area contributed by atoms with E-state index >= 15 is 0 Å². The van der Waals surface area contributed by atoms with Crippen molar-refractivity contribution in [3.05, 3.63) is 0 Å². The van der Waals surface area contributed by atoms with Gasteiger partial charge in [0.1, 0.15) is 0 Å². The van der Waals surface area contributed by atoms with Crippen molar-refractivity contribution in [3.8, 4) is 0 Å². The molecule has 132 valence electrons. The molecule has 2 amide bonds. The fraction of sp³-hybridized carbons (Fsp3) is 0.909. The molecule has 12 aliphatic rings. The Morgan fingerprint density at radius 3 is 0.923 bits per heavy atom. The average molecular weight is 346 g/mol. The molecule has 12 fully saturated rings. The van der Waals surface area contributed by atoms with E-state index in [-0.39, 0.29) is 22.6 Å². The maximum atomic E-state index is 13.2. The zero-order valence-electron chi connectivity index (χ0n) is 14.4. The normalized spacial score (nSPS) is 91.2. The third kappa shape index (κ3) is 0.540. The van der Waals surface area contributed by atoms with E-state index in [9.17, 15) is 9.59 Å². The molecule has 26 heavy (non-hydrogen) atoms. The topological polar surface area (TPSA) is 86.2 Å². The van der Waals surface area contributed by atoms with Crippen LogP contribution in [-0.4, -0.2) is 11.8 Å². The summed E-state index contributed by atoms with van der Waals surface area (Å²) in [6, 6.07) is 0. The Hall–Kier alpha value is -1.06. The minimum atomic E-state index is -0.142. The largest absolute Gasteiger partial charge is 0.369 e. The van der Waals surface area contributed by atoms with Gasteiger partial charge in [-0.25, -0.2) is 0 Å². The van der Waals surface area contributed by atoms with Crippen molar-refractivity contribution in [2.75, 3.05) is 0 Å². The molecule has 0 radical (unpaired) electrons. The molecular formula is C22H22N2O2. The van der Waals surface area contributed by atoms with Crippen molar-refractivity contribution in [2.45, 2.75) is 0 Å². The lowest BCUT2D eigenvalue weighted by Gasteiger charge is -2.40. The van der Waals surface area contributed by atoms with E-state index in [1.165, 1.54) is 0 Å². The summed E-state index contributed by atoms with van der Waals surface area (Å²) in [7, 11) is 0. The standard InChI is InChI=1S/C22H22N2O2/c23-19(25)21-13-3-1-2-5(13)9-10-6(2)14-4(1)8-7(3)15(21)11-12(17(9)21)18(10)22(14,16(8)11)20(24)26/h1-18H,(H2,23,25)(H2,24,26). The van der Waals surface area contributed by atoms with Gasteiger partial charge < -0.3 is 11.5 Å². The molecule has 12 aliphatic carbocycles. The molecule has 12 rings (SSSR count). The molecular weight excluding hydrogens is 324 g/mol. The van der Waals surface area contributed by atoms with Crippen LogP contribution in [-0.2, 0) is 9.59 Å². The molecule has 4 heteroatoms. The highest BCUT2D eigenvalue weighted by atomic mass is 16.2. The number of primary amides is 2. The minimum Gasteiger partial charge on any atom is -0.369 e. The fourth-order valence-corrected chi connectivity index (χ4v) is 16.5. The van der Waals surface area contributed by atoms with Crippen LogP contribution in [0.25, 0.3) is 0 Å². The second-order valence-corrected chi connectivity index (χ2v) is 12.7. The summed E-state index contributed by atoms with van der Waals surface area (Å²) >= 11 is 0. The number of rotatable bonds is 2. The summed E-state index contributed by atoms with van der Waals surface area (Å²) in [6.07, 6.45) is 0. The molecule has 4 nitrogen and oxygen atoms in total. The maximum Gasteiger partial charge on any atom is 0.224 e. The SMILES string of the molecule is NC(=O)C12C3C4C5C6C3C3C7C6C6C5C5C4C1C1C(C32)C7C6(C(N)=O)C51. The van der Waals surface area contributed by atoms with Crippen molar-refractivity contribution in [3.63, 3.8) is 0 Å². The highest BCUT2D eigenvalue weighted by Gasteiger charge is 3.05. The minimum absolute atomic E-state index is 0.0874. The molecule has 4 N–H and O–H groups in total. The van der Waals surface area contributed by atoms with E-state index in [2.05, 4.69) is 0 Å². The van der Waals surface area contributed by atoms with E-state index in [1.54, 1.807) is 0 Å². The highest BCUT2D eigenvalue weighted by molar-refractivity contribution is 5.89. The fourth-order valence-electron chi connectivity index (χ4n) is 16.5.